The van der Waals surface area contributed by atoms with Crippen molar-refractivity contribution in [3.05, 3.63) is 28.2 Å². The van der Waals surface area contributed by atoms with E-state index in [1.165, 1.54) is 25.2 Å². The molecular weight excluding hydrogens is 320 g/mol. The van der Waals surface area contributed by atoms with Gasteiger partial charge in [0.2, 0.25) is 0 Å². The number of H-pyrrole nitrogens is 1. The number of nitrogens with one attached hydrogen (secondary N) is 2. The third-order valence-electron chi connectivity index (χ3n) is 3.75. The summed E-state index contributed by atoms with van der Waals surface area (Å²) in [6.07, 6.45) is 6.00. The minimum Gasteiger partial charge on any atom is -0.480 e. The normalized spacial score (nSPS) is 15.1. The number of nitrogens with zero attached hydrogens (tertiary/aromatic N) is 2. The summed E-state index contributed by atoms with van der Waals surface area (Å²) in [6, 6.07) is 1.41. The van der Waals surface area contributed by atoms with Gasteiger partial charge in [-0.05, 0) is 12.8 Å². The number of carbonyl (C=O) groups is 2. The Morgan fingerprint density at radius 1 is 1.43 bits per heavy atom. The molecule has 0 bridgehead atoms. The Kier molecular flexibility index (Phi) is 4.37. The summed E-state index contributed by atoms with van der Waals surface area (Å²) in [5.74, 6) is -1.91. The van der Waals surface area contributed by atoms with Gasteiger partial charge in [-0.3, -0.25) is 19.5 Å². The van der Waals surface area contributed by atoms with Gasteiger partial charge in [0.1, 0.15) is 23.5 Å². The summed E-state index contributed by atoms with van der Waals surface area (Å²) in [5.41, 5.74) is -0.398. The first-order chi connectivity index (χ1) is 11.1. The molecule has 9 heteroatoms. The van der Waals surface area contributed by atoms with E-state index in [0.29, 0.717) is 10.3 Å². The standard InChI is InChI=1S/C14H16N4O4S/c19-9-5-10(23-8-3-1-2-4-8)18-13(16-7-17-18)12(9)14(22)15-6-11(20)21/h5,7-8H,1-4,6H2,(H,15,22)(H,16,17)(H,20,21). The fourth-order valence-electron chi connectivity index (χ4n) is 2.69. The number of carboxylic acid groups (broad SMARTS) is 1. The first-order valence-electron chi connectivity index (χ1n) is 7.32. The van der Waals surface area contributed by atoms with Gasteiger partial charge in [0.05, 0.1) is 0 Å². The van der Waals surface area contributed by atoms with Gasteiger partial charge < -0.3 is 10.4 Å². The predicted octanol–water partition coefficient (Wildman–Crippen LogP) is 0.872. The Labute approximate surface area is 135 Å². The fraction of sp³-hybridized carbons (Fsp3) is 0.429. The second kappa shape index (κ2) is 6.45. The van der Waals surface area contributed by atoms with Crippen LogP contribution in [0.4, 0.5) is 0 Å². The average molecular weight is 336 g/mol. The van der Waals surface area contributed by atoms with E-state index in [0.717, 1.165) is 12.8 Å². The Morgan fingerprint density at radius 2 is 2.17 bits per heavy atom. The van der Waals surface area contributed by atoms with E-state index in [2.05, 4.69) is 15.4 Å². The number of hydrogen-bond donors (Lipinski definition) is 3. The molecule has 0 spiro atoms. The number of aromatic nitrogens is 3. The minimum atomic E-state index is -1.18. The molecule has 0 radical (unpaired) electrons. The van der Waals surface area contributed by atoms with E-state index in [1.807, 2.05) is 0 Å². The van der Waals surface area contributed by atoms with Gasteiger partial charge in [-0.1, -0.05) is 12.8 Å². The maximum atomic E-state index is 12.3. The lowest BCUT2D eigenvalue weighted by atomic mass is 10.2. The summed E-state index contributed by atoms with van der Waals surface area (Å²) in [4.78, 5) is 39.0. The van der Waals surface area contributed by atoms with Gasteiger partial charge in [0, 0.05) is 11.3 Å². The molecule has 2 heterocycles. The summed E-state index contributed by atoms with van der Waals surface area (Å²) in [7, 11) is 0. The third kappa shape index (κ3) is 3.24. The van der Waals surface area contributed by atoms with Crippen molar-refractivity contribution in [1.82, 2.24) is 19.9 Å². The van der Waals surface area contributed by atoms with E-state index in [4.69, 9.17) is 5.11 Å². The summed E-state index contributed by atoms with van der Waals surface area (Å²) in [5, 5.41) is 14.9. The molecular formula is C14H16N4O4S. The van der Waals surface area contributed by atoms with Crippen LogP contribution in [0, 0.1) is 0 Å². The first-order valence-corrected chi connectivity index (χ1v) is 8.20. The molecule has 1 fully saturated rings. The van der Waals surface area contributed by atoms with Crippen molar-refractivity contribution in [3.63, 3.8) is 0 Å². The molecule has 1 saturated carbocycles. The van der Waals surface area contributed by atoms with Crippen molar-refractivity contribution in [1.29, 1.82) is 0 Å². The number of aliphatic carboxylic acids is 1. The molecule has 122 valence electrons. The van der Waals surface area contributed by atoms with Crippen molar-refractivity contribution in [2.24, 2.45) is 0 Å². The number of thioether (sulfide) groups is 1. The number of carbonyl (C=O) groups excluding carboxylic acids is 1. The van der Waals surface area contributed by atoms with Crippen LogP contribution in [0.25, 0.3) is 5.65 Å². The van der Waals surface area contributed by atoms with Crippen molar-refractivity contribution in [2.75, 3.05) is 6.54 Å². The summed E-state index contributed by atoms with van der Waals surface area (Å²) in [6.45, 7) is -0.548. The van der Waals surface area contributed by atoms with Crippen LogP contribution in [0.2, 0.25) is 0 Å². The molecule has 0 aliphatic heterocycles. The number of carboxylic acids is 1. The fourth-order valence-corrected chi connectivity index (χ4v) is 4.02. The van der Waals surface area contributed by atoms with Gasteiger partial charge in [0.25, 0.3) is 5.91 Å². The molecule has 23 heavy (non-hydrogen) atoms. The second-order valence-corrected chi connectivity index (χ2v) is 6.69. The number of pyridine rings is 1. The molecule has 2 aromatic heterocycles. The number of aromatic amines is 1. The first kappa shape index (κ1) is 15.6. The smallest absolute Gasteiger partial charge is 0.322 e. The largest absolute Gasteiger partial charge is 0.480 e. The maximum Gasteiger partial charge on any atom is 0.322 e. The van der Waals surface area contributed by atoms with Crippen LogP contribution in [-0.2, 0) is 4.79 Å². The number of fused-ring (bicyclic) bond motifs is 1. The molecule has 8 nitrogen and oxygen atoms in total. The number of hydrogen-bond acceptors (Lipinski definition) is 5. The average Bonchev–Trinajstić information content (AvgIpc) is 3.16. The highest BCUT2D eigenvalue weighted by molar-refractivity contribution is 7.99. The van der Waals surface area contributed by atoms with Crippen molar-refractivity contribution >= 4 is 29.3 Å². The Bertz CT molecular complexity index is 807. The molecule has 0 aromatic carbocycles. The molecule has 2 aromatic rings. The van der Waals surface area contributed by atoms with E-state index in [9.17, 15) is 14.4 Å². The van der Waals surface area contributed by atoms with Crippen LogP contribution in [0.1, 0.15) is 36.0 Å². The van der Waals surface area contributed by atoms with Crippen LogP contribution in [0.5, 0.6) is 0 Å². The van der Waals surface area contributed by atoms with Crippen LogP contribution in [0.15, 0.2) is 22.2 Å². The highest BCUT2D eigenvalue weighted by Crippen LogP contribution is 2.34. The molecule has 1 aliphatic rings. The molecule has 1 aliphatic carbocycles. The topological polar surface area (TPSA) is 117 Å². The van der Waals surface area contributed by atoms with Gasteiger partial charge in [0.15, 0.2) is 11.1 Å². The second-order valence-electron chi connectivity index (χ2n) is 5.37. The lowest BCUT2D eigenvalue weighted by Crippen LogP contribution is -2.33. The van der Waals surface area contributed by atoms with Crippen molar-refractivity contribution in [2.45, 2.75) is 36.0 Å². The predicted molar refractivity (Wildman–Crippen MR) is 83.9 cm³/mol. The Morgan fingerprint density at radius 3 is 2.87 bits per heavy atom. The zero-order valence-corrected chi connectivity index (χ0v) is 13.1. The molecule has 0 atom stereocenters. The maximum absolute atomic E-state index is 12.3. The third-order valence-corrected chi connectivity index (χ3v) is 5.09. The van der Waals surface area contributed by atoms with Crippen LogP contribution in [0.3, 0.4) is 0 Å². The zero-order valence-electron chi connectivity index (χ0n) is 12.2. The van der Waals surface area contributed by atoms with Gasteiger partial charge >= 0.3 is 5.97 Å². The minimum absolute atomic E-state index is 0.150. The van der Waals surface area contributed by atoms with E-state index < -0.39 is 23.9 Å². The molecule has 0 unspecified atom stereocenters. The SMILES string of the molecule is O=C(O)CNC(=O)c1c(=O)cc(SC2CCCC2)n2[nH]cnc12. The lowest BCUT2D eigenvalue weighted by Gasteiger charge is -2.11. The number of rotatable bonds is 5. The van der Waals surface area contributed by atoms with Gasteiger partial charge in [-0.2, -0.15) is 0 Å². The molecule has 1 amide bonds. The Balaban J connectivity index is 1.95. The highest BCUT2D eigenvalue weighted by atomic mass is 32.2. The number of amides is 1. The van der Waals surface area contributed by atoms with Gasteiger partial charge in [-0.15, -0.1) is 11.8 Å². The summed E-state index contributed by atoms with van der Waals surface area (Å²) >= 11 is 1.60. The van der Waals surface area contributed by atoms with Crippen LogP contribution in [-0.4, -0.2) is 43.4 Å². The Hall–Kier alpha value is -2.29. The summed E-state index contributed by atoms with van der Waals surface area (Å²) < 4.78 is 1.60. The van der Waals surface area contributed by atoms with E-state index in [1.54, 1.807) is 16.3 Å². The van der Waals surface area contributed by atoms with E-state index >= 15 is 0 Å². The van der Waals surface area contributed by atoms with Gasteiger partial charge in [-0.25, -0.2) is 9.50 Å². The van der Waals surface area contributed by atoms with Crippen molar-refractivity contribution in [3.8, 4) is 0 Å². The molecule has 3 rings (SSSR count). The zero-order chi connectivity index (χ0) is 16.4. The molecule has 3 N–H and O–H groups in total. The monoisotopic (exact) mass is 336 g/mol. The van der Waals surface area contributed by atoms with Crippen molar-refractivity contribution < 1.29 is 14.7 Å². The highest BCUT2D eigenvalue weighted by Gasteiger charge is 2.22. The van der Waals surface area contributed by atoms with Crippen LogP contribution < -0.4 is 10.7 Å². The lowest BCUT2D eigenvalue weighted by molar-refractivity contribution is -0.135. The van der Waals surface area contributed by atoms with E-state index in [-0.39, 0.29) is 11.2 Å². The quantitative estimate of drug-likeness (QED) is 0.746. The molecule has 0 saturated heterocycles. The van der Waals surface area contributed by atoms with Crippen LogP contribution >= 0.6 is 11.8 Å².